The number of unbranched alkanes of at least 4 members (excludes halogenated alkanes) is 11. The molecule has 3 rings (SSSR count). The zero-order chi connectivity index (χ0) is 27.0. The van der Waals surface area contributed by atoms with Gasteiger partial charge < -0.3 is 10.1 Å². The molecule has 0 aliphatic rings. The number of hydrogen-bond acceptors (Lipinski definition) is 3. The first kappa shape index (κ1) is 30.2. The molecule has 4 nitrogen and oxygen atoms in total. The molecule has 0 aliphatic carbocycles. The fourth-order valence-corrected chi connectivity index (χ4v) is 5.47. The Morgan fingerprint density at radius 3 is 2.21 bits per heavy atom. The number of carbonyl (C=O) groups is 1. The number of thiazole rings is 1. The van der Waals surface area contributed by atoms with Crippen LogP contribution in [0.5, 0.6) is 5.75 Å². The van der Waals surface area contributed by atoms with Crippen LogP contribution in [0.1, 0.15) is 105 Å². The molecule has 0 aliphatic heterocycles. The first-order chi connectivity index (χ1) is 18.6. The van der Waals surface area contributed by atoms with Gasteiger partial charge in [0, 0.05) is 17.2 Å². The summed E-state index contributed by atoms with van der Waals surface area (Å²) in [7, 11) is 0. The molecule has 0 spiro atoms. The maximum absolute atomic E-state index is 13.1. The van der Waals surface area contributed by atoms with E-state index >= 15 is 0 Å². The van der Waals surface area contributed by atoms with Crippen LogP contribution in [-0.4, -0.2) is 12.5 Å². The van der Waals surface area contributed by atoms with Crippen molar-refractivity contribution in [3.8, 4) is 5.75 Å². The third-order valence-corrected chi connectivity index (χ3v) is 7.96. The van der Waals surface area contributed by atoms with E-state index in [0.717, 1.165) is 17.7 Å². The molecule has 0 fully saturated rings. The molecule has 1 N–H and O–H groups in total. The van der Waals surface area contributed by atoms with Gasteiger partial charge in [-0.05, 0) is 31.5 Å². The Morgan fingerprint density at radius 1 is 0.921 bits per heavy atom. The number of hydrogen-bond donors (Lipinski definition) is 1. The molecule has 1 aromatic heterocycles. The summed E-state index contributed by atoms with van der Waals surface area (Å²) >= 11 is 8.19. The van der Waals surface area contributed by atoms with Crippen LogP contribution < -0.4 is 14.6 Å². The summed E-state index contributed by atoms with van der Waals surface area (Å²) in [6, 6.07) is 13.2. The Hall–Kier alpha value is -2.37. The molecule has 0 radical (unpaired) electrons. The van der Waals surface area contributed by atoms with Crippen molar-refractivity contribution in [2.24, 2.45) is 0 Å². The van der Waals surface area contributed by atoms with Gasteiger partial charge in [-0.1, -0.05) is 119 Å². The molecule has 0 saturated heterocycles. The molecule has 206 valence electrons. The van der Waals surface area contributed by atoms with Crippen molar-refractivity contribution in [2.45, 2.75) is 97.4 Å². The van der Waals surface area contributed by atoms with E-state index < -0.39 is 0 Å². The third-order valence-electron chi connectivity index (χ3n) is 6.79. The van der Waals surface area contributed by atoms with Gasteiger partial charge in [0.1, 0.15) is 5.75 Å². The van der Waals surface area contributed by atoms with Crippen molar-refractivity contribution in [3.05, 3.63) is 75.2 Å². The number of rotatable bonds is 18. The minimum atomic E-state index is -0.166. The second kappa shape index (κ2) is 17.3. The van der Waals surface area contributed by atoms with Gasteiger partial charge in [0.25, 0.3) is 5.91 Å². The third kappa shape index (κ3) is 10.8. The Bertz CT molecular complexity index is 1110. The van der Waals surface area contributed by atoms with E-state index in [1.807, 2.05) is 36.4 Å². The van der Waals surface area contributed by atoms with Crippen LogP contribution in [0.3, 0.4) is 0 Å². The molecule has 1 heterocycles. The molecule has 38 heavy (non-hydrogen) atoms. The average molecular weight is 556 g/mol. The Labute approximate surface area is 238 Å². The van der Waals surface area contributed by atoms with Crippen molar-refractivity contribution in [1.82, 2.24) is 0 Å². The molecule has 0 bridgehead atoms. The Balaban J connectivity index is 1.35. The van der Waals surface area contributed by atoms with Gasteiger partial charge in [-0.15, -0.1) is 0 Å². The lowest BCUT2D eigenvalue weighted by atomic mass is 10.1. The predicted molar refractivity (Wildman–Crippen MR) is 161 cm³/mol. The maximum atomic E-state index is 13.1. The van der Waals surface area contributed by atoms with Gasteiger partial charge >= 0.3 is 0 Å². The van der Waals surface area contributed by atoms with Gasteiger partial charge in [-0.2, -0.15) is 4.57 Å². The van der Waals surface area contributed by atoms with Gasteiger partial charge in [-0.3, -0.25) is 4.79 Å². The van der Waals surface area contributed by atoms with Crippen molar-refractivity contribution < 1.29 is 14.1 Å². The maximum Gasteiger partial charge on any atom is 0.256 e. The van der Waals surface area contributed by atoms with Gasteiger partial charge in [0.2, 0.25) is 5.51 Å². The molecule has 1 amide bonds. The van der Waals surface area contributed by atoms with E-state index in [1.54, 1.807) is 17.4 Å². The molecular formula is C32H44ClN2O2S+. The average Bonchev–Trinajstić information content (AvgIpc) is 3.32. The predicted octanol–water partition coefficient (Wildman–Crippen LogP) is 9.38. The van der Waals surface area contributed by atoms with Crippen molar-refractivity contribution >= 4 is 34.5 Å². The number of ether oxygens (including phenoxy) is 1. The first-order valence-electron chi connectivity index (χ1n) is 14.3. The fourth-order valence-electron chi connectivity index (χ4n) is 4.61. The second-order valence-electron chi connectivity index (χ2n) is 10.1. The van der Waals surface area contributed by atoms with Crippen LogP contribution in [0.4, 0.5) is 5.69 Å². The van der Waals surface area contributed by atoms with Crippen molar-refractivity contribution in [3.63, 3.8) is 0 Å². The van der Waals surface area contributed by atoms with Crippen LogP contribution in [-0.2, 0) is 6.54 Å². The number of anilines is 1. The lowest BCUT2D eigenvalue weighted by molar-refractivity contribution is -0.683. The SMILES string of the molecule is CCCCCCCCCCCCCCOc1ccc(NC(=O)c2ccccc2C[n+]2csc(C)c2)c(Cl)c1. The standard InChI is InChI=1S/C32H43ClN2O2S/c1-3-4-5-6-7-8-9-10-11-12-13-16-21-37-28-19-20-31(30(33)22-28)34-32(36)29-18-15-14-17-27(29)24-35-23-26(2)38-25-35/h14-15,17-20,22-23,25H,3-13,16,21,24H2,1-2H3/p+1. The number of amides is 1. The first-order valence-corrected chi connectivity index (χ1v) is 15.6. The minimum absolute atomic E-state index is 0.166. The Kier molecular flexibility index (Phi) is 13.7. The second-order valence-corrected chi connectivity index (χ2v) is 11.6. The van der Waals surface area contributed by atoms with Crippen molar-refractivity contribution in [2.75, 3.05) is 11.9 Å². The van der Waals surface area contributed by atoms with Gasteiger partial charge in [-0.25, -0.2) is 0 Å². The molecule has 0 atom stereocenters. The largest absolute Gasteiger partial charge is 0.494 e. The molecule has 0 saturated carbocycles. The van der Waals surface area contributed by atoms with Gasteiger partial charge in [0.05, 0.1) is 22.2 Å². The van der Waals surface area contributed by atoms with Crippen molar-refractivity contribution in [1.29, 1.82) is 0 Å². The number of nitrogens with one attached hydrogen (secondary N) is 1. The molecule has 3 aromatic rings. The summed E-state index contributed by atoms with van der Waals surface area (Å²) < 4.78 is 8.01. The summed E-state index contributed by atoms with van der Waals surface area (Å²) in [6.07, 6.45) is 18.0. The smallest absolute Gasteiger partial charge is 0.256 e. The topological polar surface area (TPSA) is 42.2 Å². The van der Waals surface area contributed by atoms with Gasteiger partial charge in [0.15, 0.2) is 12.7 Å². The quantitative estimate of drug-likeness (QED) is 0.125. The van der Waals surface area contributed by atoms with Crippen LogP contribution >= 0.6 is 22.9 Å². The highest BCUT2D eigenvalue weighted by Crippen LogP contribution is 2.28. The number of benzene rings is 2. The number of nitrogens with zero attached hydrogens (tertiary/aromatic N) is 1. The zero-order valence-corrected chi connectivity index (χ0v) is 24.7. The lowest BCUT2D eigenvalue weighted by Crippen LogP contribution is -2.32. The number of carbonyl (C=O) groups excluding carboxylic acids is 1. The number of aromatic nitrogens is 1. The summed E-state index contributed by atoms with van der Waals surface area (Å²) in [5.74, 6) is 0.570. The highest BCUT2D eigenvalue weighted by Gasteiger charge is 2.16. The van der Waals surface area contributed by atoms with Crippen LogP contribution in [0, 0.1) is 6.92 Å². The van der Waals surface area contributed by atoms with E-state index in [0.29, 0.717) is 29.4 Å². The van der Waals surface area contributed by atoms with Crippen LogP contribution in [0.2, 0.25) is 5.02 Å². The van der Waals surface area contributed by atoms with E-state index in [1.165, 1.54) is 75.5 Å². The van der Waals surface area contributed by atoms with Crippen LogP contribution in [0.25, 0.3) is 0 Å². The van der Waals surface area contributed by atoms with E-state index in [9.17, 15) is 4.79 Å². The summed E-state index contributed by atoms with van der Waals surface area (Å²) in [6.45, 7) is 5.68. The minimum Gasteiger partial charge on any atom is -0.494 e. The normalized spacial score (nSPS) is 11.0. The Morgan fingerprint density at radius 2 is 1.58 bits per heavy atom. The monoisotopic (exact) mass is 555 g/mol. The zero-order valence-electron chi connectivity index (χ0n) is 23.1. The number of halogens is 1. The van der Waals surface area contributed by atoms with Crippen LogP contribution in [0.15, 0.2) is 54.2 Å². The highest BCUT2D eigenvalue weighted by atomic mass is 35.5. The molecule has 6 heteroatoms. The van der Waals surface area contributed by atoms with E-state index in [2.05, 4.69) is 35.4 Å². The molecule has 0 unspecified atom stereocenters. The molecule has 2 aromatic carbocycles. The highest BCUT2D eigenvalue weighted by molar-refractivity contribution is 7.09. The number of aryl methyl sites for hydroxylation is 1. The lowest BCUT2D eigenvalue weighted by Gasteiger charge is -2.12. The summed E-state index contributed by atoms with van der Waals surface area (Å²) in [5, 5.41) is 3.45. The van der Waals surface area contributed by atoms with E-state index in [-0.39, 0.29) is 5.91 Å². The summed E-state index contributed by atoms with van der Waals surface area (Å²) in [5.41, 5.74) is 4.26. The fraction of sp³-hybridized carbons (Fsp3) is 0.500. The van der Waals surface area contributed by atoms with E-state index in [4.69, 9.17) is 16.3 Å². The summed E-state index contributed by atoms with van der Waals surface area (Å²) in [4.78, 5) is 14.3. The molecular weight excluding hydrogens is 512 g/mol.